The van der Waals surface area contributed by atoms with Crippen LogP contribution in [0, 0.1) is 5.41 Å². The molecular weight excluding hydrogens is 168 g/mol. The first-order valence-corrected chi connectivity index (χ1v) is 4.34. The molecule has 1 rings (SSSR count). The van der Waals surface area contributed by atoms with E-state index in [0.717, 1.165) is 0 Å². The summed E-state index contributed by atoms with van der Waals surface area (Å²) in [5, 5.41) is 8.95. The largest absolute Gasteiger partial charge is 0.478 e. The van der Waals surface area contributed by atoms with Gasteiger partial charge in [0.1, 0.15) is 0 Å². The molecule has 13 heavy (non-hydrogen) atoms. The molecule has 0 aromatic rings. The summed E-state index contributed by atoms with van der Waals surface area (Å²) in [5.74, 6) is -0.993. The highest BCUT2D eigenvalue weighted by atomic mass is 16.4. The van der Waals surface area contributed by atoms with Crippen LogP contribution in [0.4, 0.5) is 0 Å². The van der Waals surface area contributed by atoms with E-state index in [2.05, 4.69) is 0 Å². The van der Waals surface area contributed by atoms with Crippen LogP contribution >= 0.6 is 0 Å². The molecule has 0 radical (unpaired) electrons. The van der Waals surface area contributed by atoms with Crippen LogP contribution in [0.3, 0.4) is 0 Å². The Kier molecular flexibility index (Phi) is 2.28. The SMILES string of the molecule is CC1=C(C(=O)O)C(C)(C)CCC1=O. The van der Waals surface area contributed by atoms with Gasteiger partial charge in [-0.1, -0.05) is 13.8 Å². The van der Waals surface area contributed by atoms with E-state index in [1.54, 1.807) is 6.92 Å². The predicted molar refractivity (Wildman–Crippen MR) is 48.4 cm³/mol. The number of carboxylic acids is 1. The Labute approximate surface area is 77.4 Å². The zero-order chi connectivity index (χ0) is 10.2. The van der Waals surface area contributed by atoms with E-state index >= 15 is 0 Å². The second-order valence-corrected chi connectivity index (χ2v) is 4.11. The standard InChI is InChI=1S/C10H14O3/c1-6-7(11)4-5-10(2,3)8(6)9(12)13/h4-5H2,1-3H3,(H,12,13). The Morgan fingerprint density at radius 3 is 2.38 bits per heavy atom. The number of allylic oxidation sites excluding steroid dienone is 1. The number of carboxylic acid groups (broad SMARTS) is 1. The van der Waals surface area contributed by atoms with Crippen LogP contribution in [0.25, 0.3) is 0 Å². The van der Waals surface area contributed by atoms with Crippen LogP contribution in [0.15, 0.2) is 11.1 Å². The number of carbonyl (C=O) groups is 2. The van der Waals surface area contributed by atoms with E-state index in [-0.39, 0.29) is 16.8 Å². The van der Waals surface area contributed by atoms with Gasteiger partial charge in [-0.15, -0.1) is 0 Å². The molecule has 1 aliphatic carbocycles. The van der Waals surface area contributed by atoms with Gasteiger partial charge in [0.2, 0.25) is 0 Å². The zero-order valence-corrected chi connectivity index (χ0v) is 8.18. The first-order valence-electron chi connectivity index (χ1n) is 4.34. The highest BCUT2D eigenvalue weighted by molar-refractivity contribution is 6.04. The molecular formula is C10H14O3. The third kappa shape index (κ3) is 1.64. The fourth-order valence-corrected chi connectivity index (χ4v) is 1.84. The molecule has 0 unspecified atom stereocenters. The third-order valence-electron chi connectivity index (χ3n) is 2.66. The van der Waals surface area contributed by atoms with Crippen molar-refractivity contribution >= 4 is 11.8 Å². The average Bonchev–Trinajstić information content (AvgIpc) is 1.96. The lowest BCUT2D eigenvalue weighted by molar-refractivity contribution is -0.135. The Morgan fingerprint density at radius 2 is 2.00 bits per heavy atom. The van der Waals surface area contributed by atoms with Gasteiger partial charge in [-0.2, -0.15) is 0 Å². The number of rotatable bonds is 1. The van der Waals surface area contributed by atoms with Gasteiger partial charge in [0.05, 0.1) is 0 Å². The minimum atomic E-state index is -0.962. The van der Waals surface area contributed by atoms with Crippen LogP contribution in [-0.2, 0) is 9.59 Å². The van der Waals surface area contributed by atoms with Crippen LogP contribution in [-0.4, -0.2) is 16.9 Å². The second-order valence-electron chi connectivity index (χ2n) is 4.11. The molecule has 0 aromatic heterocycles. The maximum atomic E-state index is 11.3. The summed E-state index contributed by atoms with van der Waals surface area (Å²) in [6, 6.07) is 0. The lowest BCUT2D eigenvalue weighted by Gasteiger charge is -2.30. The van der Waals surface area contributed by atoms with E-state index in [9.17, 15) is 9.59 Å². The lowest BCUT2D eigenvalue weighted by atomic mass is 9.72. The van der Waals surface area contributed by atoms with Crippen molar-refractivity contribution < 1.29 is 14.7 Å². The number of hydrogen-bond acceptors (Lipinski definition) is 2. The Morgan fingerprint density at radius 1 is 1.46 bits per heavy atom. The van der Waals surface area contributed by atoms with Crippen molar-refractivity contribution in [3.8, 4) is 0 Å². The fourth-order valence-electron chi connectivity index (χ4n) is 1.84. The van der Waals surface area contributed by atoms with Crippen molar-refractivity contribution in [2.24, 2.45) is 5.41 Å². The summed E-state index contributed by atoms with van der Waals surface area (Å²) < 4.78 is 0. The lowest BCUT2D eigenvalue weighted by Crippen LogP contribution is -2.29. The second kappa shape index (κ2) is 2.98. The summed E-state index contributed by atoms with van der Waals surface area (Å²) in [6.45, 7) is 5.34. The molecule has 0 amide bonds. The van der Waals surface area contributed by atoms with E-state index in [0.29, 0.717) is 18.4 Å². The topological polar surface area (TPSA) is 54.4 Å². The van der Waals surface area contributed by atoms with Crippen LogP contribution in [0.1, 0.15) is 33.6 Å². The van der Waals surface area contributed by atoms with E-state index in [1.165, 1.54) is 0 Å². The first-order chi connectivity index (χ1) is 5.86. The summed E-state index contributed by atoms with van der Waals surface area (Å²) in [4.78, 5) is 22.2. The first kappa shape index (κ1) is 9.96. The molecule has 0 aliphatic heterocycles. The van der Waals surface area contributed by atoms with Crippen LogP contribution in [0.5, 0.6) is 0 Å². The number of carbonyl (C=O) groups excluding carboxylic acids is 1. The monoisotopic (exact) mass is 182 g/mol. The Balaban J connectivity index is 3.25. The third-order valence-corrected chi connectivity index (χ3v) is 2.66. The molecule has 0 spiro atoms. The van der Waals surface area contributed by atoms with Crippen LogP contribution < -0.4 is 0 Å². The van der Waals surface area contributed by atoms with Crippen molar-refractivity contribution in [1.82, 2.24) is 0 Å². The fraction of sp³-hybridized carbons (Fsp3) is 0.600. The van der Waals surface area contributed by atoms with Gasteiger partial charge in [0.25, 0.3) is 0 Å². The van der Waals surface area contributed by atoms with Crippen LogP contribution in [0.2, 0.25) is 0 Å². The summed E-state index contributed by atoms with van der Waals surface area (Å²) in [7, 11) is 0. The van der Waals surface area contributed by atoms with E-state index in [4.69, 9.17) is 5.11 Å². The van der Waals surface area contributed by atoms with Gasteiger partial charge >= 0.3 is 5.97 Å². The molecule has 72 valence electrons. The predicted octanol–water partition coefficient (Wildman–Crippen LogP) is 1.78. The highest BCUT2D eigenvalue weighted by Gasteiger charge is 2.36. The maximum absolute atomic E-state index is 11.3. The maximum Gasteiger partial charge on any atom is 0.332 e. The van der Waals surface area contributed by atoms with Crippen molar-refractivity contribution in [1.29, 1.82) is 0 Å². The average molecular weight is 182 g/mol. The number of aliphatic carboxylic acids is 1. The van der Waals surface area contributed by atoms with Gasteiger partial charge in [0.15, 0.2) is 5.78 Å². The number of hydrogen-bond donors (Lipinski definition) is 1. The molecule has 0 atom stereocenters. The van der Waals surface area contributed by atoms with Crippen molar-refractivity contribution in [2.45, 2.75) is 33.6 Å². The van der Waals surface area contributed by atoms with Crippen molar-refractivity contribution in [3.63, 3.8) is 0 Å². The molecule has 3 nitrogen and oxygen atoms in total. The molecule has 1 aliphatic rings. The number of ketones is 1. The van der Waals surface area contributed by atoms with Gasteiger partial charge in [-0.3, -0.25) is 4.79 Å². The van der Waals surface area contributed by atoms with E-state index in [1.807, 2.05) is 13.8 Å². The Hall–Kier alpha value is -1.12. The molecule has 3 heteroatoms. The summed E-state index contributed by atoms with van der Waals surface area (Å²) in [6.07, 6.45) is 1.10. The quantitative estimate of drug-likeness (QED) is 0.672. The molecule has 0 saturated heterocycles. The van der Waals surface area contributed by atoms with Gasteiger partial charge in [-0.05, 0) is 18.8 Å². The smallest absolute Gasteiger partial charge is 0.332 e. The molecule has 0 heterocycles. The molecule has 0 bridgehead atoms. The molecule has 0 aromatic carbocycles. The summed E-state index contributed by atoms with van der Waals surface area (Å²) in [5.41, 5.74) is 0.330. The minimum Gasteiger partial charge on any atom is -0.478 e. The minimum absolute atomic E-state index is 0.0308. The molecule has 0 saturated carbocycles. The van der Waals surface area contributed by atoms with Gasteiger partial charge < -0.3 is 5.11 Å². The highest BCUT2D eigenvalue weighted by Crippen LogP contribution is 2.38. The van der Waals surface area contributed by atoms with E-state index < -0.39 is 5.97 Å². The molecule has 0 fully saturated rings. The Bertz CT molecular complexity index is 297. The van der Waals surface area contributed by atoms with Gasteiger partial charge in [0, 0.05) is 17.6 Å². The van der Waals surface area contributed by atoms with Crippen molar-refractivity contribution in [2.75, 3.05) is 0 Å². The normalized spacial score (nSPS) is 21.9. The zero-order valence-electron chi connectivity index (χ0n) is 8.18. The van der Waals surface area contributed by atoms with Crippen molar-refractivity contribution in [3.05, 3.63) is 11.1 Å². The summed E-state index contributed by atoms with van der Waals surface area (Å²) >= 11 is 0. The molecule has 1 N–H and O–H groups in total. The van der Waals surface area contributed by atoms with Gasteiger partial charge in [-0.25, -0.2) is 4.79 Å². The number of Topliss-reactive ketones (excluding diaryl/α,β-unsaturated/α-hetero) is 1.